The van der Waals surface area contributed by atoms with E-state index in [1.54, 1.807) is 29.2 Å². The van der Waals surface area contributed by atoms with Gasteiger partial charge in [0, 0.05) is 48.2 Å². The van der Waals surface area contributed by atoms with Crippen molar-refractivity contribution in [2.75, 3.05) is 17.7 Å². The van der Waals surface area contributed by atoms with Crippen molar-refractivity contribution in [1.82, 2.24) is 10.3 Å². The largest absolute Gasteiger partial charge is 0.363 e. The Morgan fingerprint density at radius 1 is 1.36 bits per heavy atom. The maximum absolute atomic E-state index is 14.8. The first-order valence-corrected chi connectivity index (χ1v) is 12.4. The van der Waals surface area contributed by atoms with Gasteiger partial charge in [-0.25, -0.2) is 26.6 Å². The molecule has 0 aliphatic carbocycles. The number of hydrogen-bond donors (Lipinski definition) is 1. The maximum atomic E-state index is 14.8. The van der Waals surface area contributed by atoms with Gasteiger partial charge in [0.05, 0.1) is 17.9 Å². The Labute approximate surface area is 195 Å². The molecule has 178 valence electrons. The third-order valence-electron chi connectivity index (χ3n) is 5.20. The van der Waals surface area contributed by atoms with Gasteiger partial charge in [0.15, 0.2) is 21.3 Å². The number of anilines is 1. The summed E-state index contributed by atoms with van der Waals surface area (Å²) >= 11 is 6.25. The fraction of sp³-hybridized carbons (Fsp3) is 0.364. The zero-order valence-electron chi connectivity index (χ0n) is 17.9. The van der Waals surface area contributed by atoms with Crippen molar-refractivity contribution in [2.24, 2.45) is 0 Å². The number of nitrogens with zero attached hydrogens (tertiary/aromatic N) is 2. The first-order chi connectivity index (χ1) is 15.4. The molecular formula is C22H23ClF3N3O3S. The van der Waals surface area contributed by atoms with Gasteiger partial charge in [-0.2, -0.15) is 0 Å². The fourth-order valence-electron chi connectivity index (χ4n) is 3.60. The SMILES string of the molecule is C[C@H](/C=C/S(C)(=O)=O)NC(=O)c1ncc(N2CCC(F)(F)C[C@H]2c2ccccc2Cl)cc1F. The second kappa shape index (κ2) is 9.72. The Hall–Kier alpha value is -2.59. The molecule has 1 aromatic carbocycles. The lowest BCUT2D eigenvalue weighted by molar-refractivity contribution is -0.0342. The number of sulfone groups is 1. The molecule has 0 radical (unpaired) electrons. The van der Waals surface area contributed by atoms with Gasteiger partial charge in [0.1, 0.15) is 0 Å². The van der Waals surface area contributed by atoms with Crippen molar-refractivity contribution >= 4 is 33.0 Å². The number of benzene rings is 1. The second-order valence-corrected chi connectivity index (χ2v) is 10.3. The minimum atomic E-state index is -3.38. The minimum absolute atomic E-state index is 0.0527. The van der Waals surface area contributed by atoms with E-state index in [0.717, 1.165) is 17.7 Å². The van der Waals surface area contributed by atoms with Crippen LogP contribution in [0.25, 0.3) is 0 Å². The van der Waals surface area contributed by atoms with Crippen molar-refractivity contribution in [1.29, 1.82) is 0 Å². The fourth-order valence-corrected chi connectivity index (χ4v) is 4.39. The maximum Gasteiger partial charge on any atom is 0.273 e. The van der Waals surface area contributed by atoms with Crippen LogP contribution in [0.2, 0.25) is 5.02 Å². The highest BCUT2D eigenvalue weighted by Crippen LogP contribution is 2.43. The van der Waals surface area contributed by atoms with Crippen molar-refractivity contribution in [2.45, 2.75) is 37.8 Å². The third-order valence-corrected chi connectivity index (χ3v) is 6.19. The number of hydrogen-bond acceptors (Lipinski definition) is 5. The second-order valence-electron chi connectivity index (χ2n) is 7.98. The van der Waals surface area contributed by atoms with E-state index >= 15 is 0 Å². The number of carbonyl (C=O) groups is 1. The molecule has 11 heteroatoms. The average molecular weight is 502 g/mol. The van der Waals surface area contributed by atoms with Gasteiger partial charge in [0.25, 0.3) is 11.8 Å². The Morgan fingerprint density at radius 3 is 2.70 bits per heavy atom. The van der Waals surface area contributed by atoms with E-state index in [1.165, 1.54) is 19.2 Å². The molecule has 6 nitrogen and oxygen atoms in total. The highest BCUT2D eigenvalue weighted by atomic mass is 35.5. The van der Waals surface area contributed by atoms with Gasteiger partial charge in [-0.15, -0.1) is 0 Å². The first-order valence-electron chi connectivity index (χ1n) is 10.1. The molecule has 2 atom stereocenters. The van der Waals surface area contributed by atoms with E-state index < -0.39 is 58.1 Å². The van der Waals surface area contributed by atoms with Crippen LogP contribution in [-0.2, 0) is 9.84 Å². The number of rotatable bonds is 6. The Balaban J connectivity index is 1.85. The van der Waals surface area contributed by atoms with Gasteiger partial charge >= 0.3 is 0 Å². The van der Waals surface area contributed by atoms with E-state index in [9.17, 15) is 26.4 Å². The van der Waals surface area contributed by atoms with Crippen molar-refractivity contribution in [3.8, 4) is 0 Å². The summed E-state index contributed by atoms with van der Waals surface area (Å²) in [5.74, 6) is -4.67. The molecule has 3 rings (SSSR count). The smallest absolute Gasteiger partial charge is 0.273 e. The molecule has 1 aliphatic rings. The monoisotopic (exact) mass is 501 g/mol. The lowest BCUT2D eigenvalue weighted by Gasteiger charge is -2.41. The summed E-state index contributed by atoms with van der Waals surface area (Å²) in [5.41, 5.74) is 0.247. The molecule has 1 fully saturated rings. The van der Waals surface area contributed by atoms with E-state index in [1.807, 2.05) is 0 Å². The van der Waals surface area contributed by atoms with Crippen LogP contribution in [0.4, 0.5) is 18.9 Å². The molecular weight excluding hydrogens is 479 g/mol. The van der Waals surface area contributed by atoms with Crippen LogP contribution < -0.4 is 10.2 Å². The van der Waals surface area contributed by atoms with Crippen LogP contribution in [0.15, 0.2) is 48.0 Å². The molecule has 2 aromatic rings. The van der Waals surface area contributed by atoms with E-state index in [0.29, 0.717) is 10.6 Å². The Bertz CT molecular complexity index is 1170. The van der Waals surface area contributed by atoms with Crippen molar-refractivity contribution in [3.63, 3.8) is 0 Å². The quantitative estimate of drug-likeness (QED) is 0.629. The average Bonchev–Trinajstić information content (AvgIpc) is 2.71. The molecule has 0 bridgehead atoms. The summed E-state index contributed by atoms with van der Waals surface area (Å²) in [7, 11) is -3.38. The van der Waals surface area contributed by atoms with Gasteiger partial charge in [-0.3, -0.25) is 4.79 Å². The standard InChI is InChI=1S/C22H23ClF3N3O3S/c1-14(7-10-33(2,31)32)28-21(30)20-18(24)11-15(13-27-20)29-9-8-22(25,26)12-19(29)16-5-3-4-6-17(16)23/h3-7,10-11,13-14,19H,8-9,12H2,1-2H3,(H,28,30)/b10-7+/t14-,19+/m1/s1. The number of amides is 1. The molecule has 2 heterocycles. The summed E-state index contributed by atoms with van der Waals surface area (Å²) in [6.07, 6.45) is 2.60. The van der Waals surface area contributed by atoms with Crippen molar-refractivity contribution < 1.29 is 26.4 Å². The number of carbonyl (C=O) groups excluding carboxylic acids is 1. The van der Waals surface area contributed by atoms with Crippen LogP contribution in [0.5, 0.6) is 0 Å². The predicted octanol–water partition coefficient (Wildman–Crippen LogP) is 4.53. The number of pyridine rings is 1. The lowest BCUT2D eigenvalue weighted by atomic mass is 9.92. The Kier molecular flexibility index (Phi) is 7.38. The number of alkyl halides is 2. The molecule has 1 saturated heterocycles. The number of piperidine rings is 1. The summed E-state index contributed by atoms with van der Waals surface area (Å²) in [6.45, 7) is 1.47. The van der Waals surface area contributed by atoms with Crippen LogP contribution in [0.1, 0.15) is 41.9 Å². The molecule has 1 amide bonds. The number of halogens is 4. The molecule has 1 aliphatic heterocycles. The lowest BCUT2D eigenvalue weighted by Crippen LogP contribution is -2.42. The first kappa shape index (κ1) is 25.0. The number of nitrogens with one attached hydrogen (secondary N) is 1. The zero-order valence-corrected chi connectivity index (χ0v) is 19.5. The predicted molar refractivity (Wildman–Crippen MR) is 121 cm³/mol. The number of aromatic nitrogens is 1. The van der Waals surface area contributed by atoms with Gasteiger partial charge in [-0.05, 0) is 18.6 Å². The molecule has 1 N–H and O–H groups in total. The van der Waals surface area contributed by atoms with Crippen molar-refractivity contribution in [3.05, 3.63) is 70.1 Å². The summed E-state index contributed by atoms with van der Waals surface area (Å²) in [4.78, 5) is 17.9. The van der Waals surface area contributed by atoms with Crippen LogP contribution in [-0.4, -0.2) is 44.1 Å². The molecule has 1 aromatic heterocycles. The molecule has 0 spiro atoms. The Morgan fingerprint density at radius 2 is 2.06 bits per heavy atom. The van der Waals surface area contributed by atoms with Gasteiger partial charge < -0.3 is 10.2 Å². The van der Waals surface area contributed by atoms with Gasteiger partial charge in [0.2, 0.25) is 0 Å². The summed E-state index contributed by atoms with van der Waals surface area (Å²) in [6, 6.07) is 6.22. The highest BCUT2D eigenvalue weighted by Gasteiger charge is 2.42. The normalized spacial score (nSPS) is 19.5. The molecule has 33 heavy (non-hydrogen) atoms. The van der Waals surface area contributed by atoms with Crippen LogP contribution in [0, 0.1) is 5.82 Å². The van der Waals surface area contributed by atoms with Crippen LogP contribution in [0.3, 0.4) is 0 Å². The highest BCUT2D eigenvalue weighted by molar-refractivity contribution is 7.93. The minimum Gasteiger partial charge on any atom is -0.363 e. The van der Waals surface area contributed by atoms with E-state index in [2.05, 4.69) is 10.3 Å². The zero-order chi connectivity index (χ0) is 24.4. The third kappa shape index (κ3) is 6.48. The van der Waals surface area contributed by atoms with E-state index in [-0.39, 0.29) is 12.2 Å². The molecule has 0 unspecified atom stereocenters. The van der Waals surface area contributed by atoms with Crippen LogP contribution >= 0.6 is 11.6 Å². The summed E-state index contributed by atoms with van der Waals surface area (Å²) < 4.78 is 65.6. The molecule has 0 saturated carbocycles. The topological polar surface area (TPSA) is 79.4 Å². The van der Waals surface area contributed by atoms with E-state index in [4.69, 9.17) is 11.6 Å². The summed E-state index contributed by atoms with van der Waals surface area (Å²) in [5, 5.41) is 3.70. The van der Waals surface area contributed by atoms with Gasteiger partial charge in [-0.1, -0.05) is 35.9 Å².